The summed E-state index contributed by atoms with van der Waals surface area (Å²) in [6.45, 7) is 0.354. The zero-order valence-electron chi connectivity index (χ0n) is 17.5. The van der Waals surface area contributed by atoms with Crippen LogP contribution in [-0.2, 0) is 4.79 Å². The maximum atomic E-state index is 10.4. The number of aliphatic hydroxyl groups excluding tert-OH is 1. The van der Waals surface area contributed by atoms with Gasteiger partial charge in [0.25, 0.3) is 0 Å². The molecule has 0 aromatic carbocycles. The molecule has 0 saturated heterocycles. The number of unbranched alkanes of at least 4 members (excludes halogenated alkanes) is 15. The van der Waals surface area contributed by atoms with Gasteiger partial charge in [-0.3, -0.25) is 4.79 Å². The van der Waals surface area contributed by atoms with Crippen molar-refractivity contribution < 1.29 is 15.0 Å². The zero-order chi connectivity index (χ0) is 19.8. The topological polar surface area (TPSA) is 57.5 Å². The molecule has 0 aromatic rings. The second kappa shape index (κ2) is 24.2. The Kier molecular flexibility index (Phi) is 24.3. The number of aliphatic hydroxyl groups is 1. The van der Waals surface area contributed by atoms with Gasteiger partial charge >= 0.3 is 5.97 Å². The lowest BCUT2D eigenvalue weighted by atomic mass is 10.1. The molecule has 3 nitrogen and oxygen atoms in total. The Bertz CT molecular complexity index is 301. The maximum Gasteiger partial charge on any atom is 0.303 e. The first-order chi connectivity index (χ1) is 13.3. The van der Waals surface area contributed by atoms with E-state index in [1.165, 1.54) is 101 Å². The lowest BCUT2D eigenvalue weighted by Gasteiger charge is -2.03. The molecular formula is C22H44O3S2. The van der Waals surface area contributed by atoms with E-state index in [4.69, 9.17) is 10.2 Å². The number of hydrogen-bond acceptors (Lipinski definition) is 4. The number of carboxylic acids is 1. The molecule has 0 heterocycles. The lowest BCUT2D eigenvalue weighted by Crippen LogP contribution is -1.93. The van der Waals surface area contributed by atoms with E-state index in [9.17, 15) is 4.79 Å². The standard InChI is InChI=1S/C22H44O3S2/c23-19-15-11-7-3-1-4-8-12-16-20-26-27-21-17-13-9-5-2-6-10-14-18-22(24)25/h23H,1-21H2,(H,24,25). The van der Waals surface area contributed by atoms with Crippen molar-refractivity contribution in [3.63, 3.8) is 0 Å². The monoisotopic (exact) mass is 420 g/mol. The second-order valence-corrected chi connectivity index (χ2v) is 10.2. The predicted molar refractivity (Wildman–Crippen MR) is 123 cm³/mol. The van der Waals surface area contributed by atoms with Gasteiger partial charge in [-0.2, -0.15) is 0 Å². The van der Waals surface area contributed by atoms with Crippen molar-refractivity contribution in [2.24, 2.45) is 0 Å². The fourth-order valence-electron chi connectivity index (χ4n) is 3.13. The summed E-state index contributed by atoms with van der Waals surface area (Å²) >= 11 is 0. The first-order valence-corrected chi connectivity index (χ1v) is 13.8. The van der Waals surface area contributed by atoms with Crippen molar-refractivity contribution in [3.05, 3.63) is 0 Å². The molecule has 5 heteroatoms. The third kappa shape index (κ3) is 26.1. The lowest BCUT2D eigenvalue weighted by molar-refractivity contribution is -0.137. The molecule has 0 radical (unpaired) electrons. The Labute approximate surface area is 176 Å². The summed E-state index contributed by atoms with van der Waals surface area (Å²) in [6, 6.07) is 0. The molecule has 162 valence electrons. The summed E-state index contributed by atoms with van der Waals surface area (Å²) in [5.74, 6) is 1.93. The van der Waals surface area contributed by atoms with E-state index in [2.05, 4.69) is 21.6 Å². The van der Waals surface area contributed by atoms with Gasteiger partial charge in [0.15, 0.2) is 0 Å². The molecule has 0 spiro atoms. The second-order valence-electron chi connectivity index (χ2n) is 7.52. The molecule has 0 amide bonds. The van der Waals surface area contributed by atoms with Gasteiger partial charge in [-0.05, 0) is 25.7 Å². The molecule has 0 atom stereocenters. The summed E-state index contributed by atoms with van der Waals surface area (Å²) in [5, 5.41) is 17.3. The minimum atomic E-state index is -0.661. The first-order valence-electron chi connectivity index (χ1n) is 11.3. The van der Waals surface area contributed by atoms with Crippen LogP contribution in [-0.4, -0.2) is 34.3 Å². The Morgan fingerprint density at radius 1 is 0.519 bits per heavy atom. The summed E-state index contributed by atoms with van der Waals surface area (Å²) in [6.07, 6.45) is 21.8. The van der Waals surface area contributed by atoms with E-state index in [1.807, 2.05) is 0 Å². The summed E-state index contributed by atoms with van der Waals surface area (Å²) < 4.78 is 0. The van der Waals surface area contributed by atoms with Crippen LogP contribution in [0, 0.1) is 0 Å². The molecule has 27 heavy (non-hydrogen) atoms. The largest absolute Gasteiger partial charge is 0.481 e. The molecule has 0 unspecified atom stereocenters. The number of hydrogen-bond donors (Lipinski definition) is 2. The van der Waals surface area contributed by atoms with Crippen LogP contribution in [0.5, 0.6) is 0 Å². The molecule has 0 aliphatic rings. The van der Waals surface area contributed by atoms with Crippen LogP contribution < -0.4 is 0 Å². The highest BCUT2D eigenvalue weighted by Gasteiger charge is 1.97. The van der Waals surface area contributed by atoms with Gasteiger partial charge in [0.2, 0.25) is 0 Å². The van der Waals surface area contributed by atoms with Crippen LogP contribution in [0.4, 0.5) is 0 Å². The molecule has 0 aromatic heterocycles. The minimum absolute atomic E-state index is 0.334. The van der Waals surface area contributed by atoms with Gasteiger partial charge in [-0.15, -0.1) is 0 Å². The van der Waals surface area contributed by atoms with Crippen LogP contribution in [0.1, 0.15) is 116 Å². The van der Waals surface area contributed by atoms with E-state index in [0.29, 0.717) is 13.0 Å². The maximum absolute atomic E-state index is 10.4. The molecule has 0 bridgehead atoms. The summed E-state index contributed by atoms with van der Waals surface area (Å²) in [5.41, 5.74) is 0. The van der Waals surface area contributed by atoms with Crippen LogP contribution in [0.2, 0.25) is 0 Å². The molecule has 0 saturated carbocycles. The number of carbonyl (C=O) groups is 1. The van der Waals surface area contributed by atoms with Gasteiger partial charge in [-0.25, -0.2) is 0 Å². The Balaban J connectivity index is 2.98. The molecular weight excluding hydrogens is 376 g/mol. The highest BCUT2D eigenvalue weighted by Crippen LogP contribution is 2.25. The highest BCUT2D eigenvalue weighted by molar-refractivity contribution is 8.76. The number of rotatable bonds is 23. The molecule has 0 fully saturated rings. The summed E-state index contributed by atoms with van der Waals surface area (Å²) in [4.78, 5) is 10.4. The fraction of sp³-hybridized carbons (Fsp3) is 0.955. The predicted octanol–water partition coefficient (Wildman–Crippen LogP) is 7.47. The van der Waals surface area contributed by atoms with E-state index in [0.717, 1.165) is 19.3 Å². The average molecular weight is 421 g/mol. The number of aliphatic carboxylic acids is 1. The van der Waals surface area contributed by atoms with Gasteiger partial charge in [0.05, 0.1) is 0 Å². The van der Waals surface area contributed by atoms with Crippen LogP contribution in [0.25, 0.3) is 0 Å². The van der Waals surface area contributed by atoms with E-state index in [-0.39, 0.29) is 0 Å². The van der Waals surface area contributed by atoms with Crippen LogP contribution >= 0.6 is 21.6 Å². The van der Waals surface area contributed by atoms with Crippen LogP contribution in [0.3, 0.4) is 0 Å². The van der Waals surface area contributed by atoms with Crippen molar-refractivity contribution >= 4 is 27.6 Å². The molecule has 0 aliphatic carbocycles. The normalized spacial score (nSPS) is 11.1. The van der Waals surface area contributed by atoms with E-state index < -0.39 is 5.97 Å². The molecule has 0 rings (SSSR count). The first kappa shape index (κ1) is 27.1. The third-order valence-corrected chi connectivity index (χ3v) is 7.41. The number of carboxylic acid groups (broad SMARTS) is 1. The zero-order valence-corrected chi connectivity index (χ0v) is 19.1. The Morgan fingerprint density at radius 2 is 0.852 bits per heavy atom. The van der Waals surface area contributed by atoms with Gasteiger partial charge in [-0.1, -0.05) is 105 Å². The van der Waals surface area contributed by atoms with Crippen molar-refractivity contribution in [1.29, 1.82) is 0 Å². The SMILES string of the molecule is O=C(O)CCCCCCCCCCSSCCCCCCCCCCCO. The highest BCUT2D eigenvalue weighted by atomic mass is 33.1. The third-order valence-electron chi connectivity index (χ3n) is 4.84. The van der Waals surface area contributed by atoms with Crippen molar-refractivity contribution in [1.82, 2.24) is 0 Å². The molecule has 0 aliphatic heterocycles. The van der Waals surface area contributed by atoms with Crippen molar-refractivity contribution in [3.8, 4) is 0 Å². The fourth-order valence-corrected chi connectivity index (χ4v) is 5.42. The average Bonchev–Trinajstić information content (AvgIpc) is 2.65. The van der Waals surface area contributed by atoms with E-state index >= 15 is 0 Å². The van der Waals surface area contributed by atoms with Crippen molar-refractivity contribution in [2.45, 2.75) is 116 Å². The van der Waals surface area contributed by atoms with Crippen molar-refractivity contribution in [2.75, 3.05) is 18.1 Å². The van der Waals surface area contributed by atoms with Gasteiger partial charge in [0, 0.05) is 24.5 Å². The van der Waals surface area contributed by atoms with Gasteiger partial charge < -0.3 is 10.2 Å². The van der Waals surface area contributed by atoms with Gasteiger partial charge in [0.1, 0.15) is 0 Å². The minimum Gasteiger partial charge on any atom is -0.481 e. The van der Waals surface area contributed by atoms with E-state index in [1.54, 1.807) is 0 Å². The summed E-state index contributed by atoms with van der Waals surface area (Å²) in [7, 11) is 4.11. The smallest absolute Gasteiger partial charge is 0.303 e. The van der Waals surface area contributed by atoms with Crippen LogP contribution in [0.15, 0.2) is 0 Å². The Hall–Kier alpha value is 0.130. The quantitative estimate of drug-likeness (QED) is 0.133. The Morgan fingerprint density at radius 3 is 1.22 bits per heavy atom. The molecule has 2 N–H and O–H groups in total.